The van der Waals surface area contributed by atoms with Crippen molar-refractivity contribution >= 4 is 38.9 Å². The number of hydrogen-bond donors (Lipinski definition) is 1. The topological polar surface area (TPSA) is 79.6 Å². The Bertz CT molecular complexity index is 818. The van der Waals surface area contributed by atoms with Crippen molar-refractivity contribution in [2.24, 2.45) is 0 Å². The van der Waals surface area contributed by atoms with E-state index in [0.29, 0.717) is 12.2 Å². The molecule has 1 aromatic carbocycles. The van der Waals surface area contributed by atoms with Crippen molar-refractivity contribution in [3.63, 3.8) is 0 Å². The van der Waals surface area contributed by atoms with Gasteiger partial charge in [0, 0.05) is 17.9 Å². The van der Waals surface area contributed by atoms with Crippen LogP contribution in [0.4, 0.5) is 11.4 Å². The van der Waals surface area contributed by atoms with Crippen molar-refractivity contribution in [3.8, 4) is 0 Å². The molecule has 1 N–H and O–H groups in total. The molecule has 0 saturated carbocycles. The van der Waals surface area contributed by atoms with Gasteiger partial charge in [-0.1, -0.05) is 0 Å². The van der Waals surface area contributed by atoms with Crippen LogP contribution < -0.4 is 9.62 Å². The number of carbonyl (C=O) groups excluding carboxylic acids is 1. The number of rotatable bonds is 4. The molecule has 0 bridgehead atoms. The first-order chi connectivity index (χ1) is 11.0. The molecule has 0 radical (unpaired) electrons. The summed E-state index contributed by atoms with van der Waals surface area (Å²) < 4.78 is 30.7. The zero-order valence-corrected chi connectivity index (χ0v) is 13.7. The Hall–Kier alpha value is -1.99. The first-order valence-corrected chi connectivity index (χ1v) is 9.23. The predicted molar refractivity (Wildman–Crippen MR) is 88.4 cm³/mol. The van der Waals surface area contributed by atoms with Gasteiger partial charge in [-0.25, -0.2) is 8.42 Å². The van der Waals surface area contributed by atoms with E-state index in [2.05, 4.69) is 4.72 Å². The molecular weight excluding hydrogens is 340 g/mol. The zero-order chi connectivity index (χ0) is 16.4. The quantitative estimate of drug-likeness (QED) is 0.856. The summed E-state index contributed by atoms with van der Waals surface area (Å²) in [4.78, 5) is 14.1. The average molecular weight is 355 g/mol. The maximum absolute atomic E-state index is 12.5. The third kappa shape index (κ3) is 3.35. The monoisotopic (exact) mass is 354 g/mol. The van der Waals surface area contributed by atoms with E-state index in [4.69, 9.17) is 16.0 Å². The van der Waals surface area contributed by atoms with Crippen LogP contribution in [0.25, 0.3) is 0 Å². The fraction of sp³-hybridized carbons (Fsp3) is 0.267. The van der Waals surface area contributed by atoms with E-state index in [1.54, 1.807) is 35.2 Å². The third-order valence-electron chi connectivity index (χ3n) is 3.59. The molecule has 0 fully saturated rings. The summed E-state index contributed by atoms with van der Waals surface area (Å²) in [5.41, 5.74) is 2.12. The Morgan fingerprint density at radius 1 is 1.35 bits per heavy atom. The molecular formula is C15H15ClN2O4S. The van der Waals surface area contributed by atoms with Gasteiger partial charge in [0.25, 0.3) is 5.91 Å². The molecule has 0 saturated heterocycles. The minimum atomic E-state index is -3.54. The van der Waals surface area contributed by atoms with Crippen LogP contribution >= 0.6 is 11.6 Å². The number of fused-ring (bicyclic) bond motifs is 1. The SMILES string of the molecule is O=C(c1ccco1)N1CCCc2cc(NS(=O)(=O)CCl)ccc21. The van der Waals surface area contributed by atoms with E-state index in [1.165, 1.54) is 6.26 Å². The lowest BCUT2D eigenvalue weighted by atomic mass is 10.0. The van der Waals surface area contributed by atoms with Crippen molar-refractivity contribution < 1.29 is 17.6 Å². The normalized spacial score (nSPS) is 14.4. The maximum atomic E-state index is 12.5. The molecule has 1 aliphatic rings. The van der Waals surface area contributed by atoms with Crippen LogP contribution in [0.3, 0.4) is 0 Å². The summed E-state index contributed by atoms with van der Waals surface area (Å²) in [5.74, 6) is 0.0785. The highest BCUT2D eigenvalue weighted by Gasteiger charge is 2.25. The van der Waals surface area contributed by atoms with Gasteiger partial charge in [-0.15, -0.1) is 11.6 Å². The molecule has 122 valence electrons. The minimum Gasteiger partial charge on any atom is -0.459 e. The van der Waals surface area contributed by atoms with E-state index < -0.39 is 15.2 Å². The molecule has 3 rings (SSSR count). The van der Waals surface area contributed by atoms with Gasteiger partial charge in [0.05, 0.1) is 6.26 Å². The molecule has 1 aliphatic heterocycles. The molecule has 6 nitrogen and oxygen atoms in total. The largest absolute Gasteiger partial charge is 0.459 e. The number of halogens is 1. The van der Waals surface area contributed by atoms with Crippen LogP contribution in [0.1, 0.15) is 22.5 Å². The number of furan rings is 1. The van der Waals surface area contributed by atoms with Gasteiger partial charge < -0.3 is 9.32 Å². The number of benzene rings is 1. The van der Waals surface area contributed by atoms with Gasteiger partial charge in [-0.3, -0.25) is 9.52 Å². The van der Waals surface area contributed by atoms with Crippen molar-refractivity contribution in [3.05, 3.63) is 47.9 Å². The van der Waals surface area contributed by atoms with Crippen molar-refractivity contribution in [1.82, 2.24) is 0 Å². The lowest BCUT2D eigenvalue weighted by Gasteiger charge is -2.29. The summed E-state index contributed by atoms with van der Waals surface area (Å²) >= 11 is 5.39. The first-order valence-electron chi connectivity index (χ1n) is 7.05. The van der Waals surface area contributed by atoms with Gasteiger partial charge >= 0.3 is 0 Å². The summed E-state index contributed by atoms with van der Waals surface area (Å²) in [5, 5.41) is -0.507. The number of hydrogen-bond acceptors (Lipinski definition) is 4. The van der Waals surface area contributed by atoms with Crippen LogP contribution in [0.15, 0.2) is 41.0 Å². The molecule has 0 unspecified atom stereocenters. The van der Waals surface area contributed by atoms with Crippen molar-refractivity contribution in [2.75, 3.05) is 21.4 Å². The second-order valence-corrected chi connectivity index (χ2v) is 7.51. The molecule has 1 amide bonds. The molecule has 2 aromatic rings. The molecule has 2 heterocycles. The van der Waals surface area contributed by atoms with E-state index in [-0.39, 0.29) is 11.7 Å². The smallest absolute Gasteiger partial charge is 0.293 e. The molecule has 8 heteroatoms. The van der Waals surface area contributed by atoms with Gasteiger partial charge in [0.1, 0.15) is 5.21 Å². The highest BCUT2D eigenvalue weighted by atomic mass is 35.5. The van der Waals surface area contributed by atoms with Crippen molar-refractivity contribution in [2.45, 2.75) is 12.8 Å². The number of nitrogens with zero attached hydrogens (tertiary/aromatic N) is 1. The Balaban J connectivity index is 1.90. The molecule has 0 spiro atoms. The first kappa shape index (κ1) is 15.9. The number of carbonyl (C=O) groups is 1. The van der Waals surface area contributed by atoms with Gasteiger partial charge in [0.15, 0.2) is 5.76 Å². The number of aryl methyl sites for hydroxylation is 1. The highest BCUT2D eigenvalue weighted by Crippen LogP contribution is 2.31. The van der Waals surface area contributed by atoms with E-state index in [1.807, 2.05) is 0 Å². The maximum Gasteiger partial charge on any atom is 0.293 e. The number of anilines is 2. The second-order valence-electron chi connectivity index (χ2n) is 5.21. The van der Waals surface area contributed by atoms with Crippen LogP contribution in [0.5, 0.6) is 0 Å². The van der Waals surface area contributed by atoms with Gasteiger partial charge in [-0.2, -0.15) is 0 Å². The lowest BCUT2D eigenvalue weighted by molar-refractivity contribution is 0.0958. The van der Waals surface area contributed by atoms with Crippen LogP contribution in [0, 0.1) is 0 Å². The number of amides is 1. The number of nitrogens with one attached hydrogen (secondary N) is 1. The average Bonchev–Trinajstić information content (AvgIpc) is 3.07. The predicted octanol–water partition coefficient (Wildman–Crippen LogP) is 2.81. The van der Waals surface area contributed by atoms with Crippen LogP contribution in [0.2, 0.25) is 0 Å². The number of sulfonamides is 1. The van der Waals surface area contributed by atoms with Crippen molar-refractivity contribution in [1.29, 1.82) is 0 Å². The molecule has 0 aliphatic carbocycles. The lowest BCUT2D eigenvalue weighted by Crippen LogP contribution is -2.35. The summed E-state index contributed by atoms with van der Waals surface area (Å²) in [7, 11) is -3.54. The summed E-state index contributed by atoms with van der Waals surface area (Å²) in [6.45, 7) is 0.597. The standard InChI is InChI=1S/C15H15ClN2O4S/c16-10-23(20,21)17-12-5-6-13-11(9-12)3-1-7-18(13)15(19)14-4-2-8-22-14/h2,4-6,8-9,17H,1,3,7,10H2. The fourth-order valence-electron chi connectivity index (χ4n) is 2.61. The van der Waals surface area contributed by atoms with E-state index in [9.17, 15) is 13.2 Å². The zero-order valence-electron chi connectivity index (χ0n) is 12.2. The summed E-state index contributed by atoms with van der Waals surface area (Å²) in [6, 6.07) is 8.39. The molecule has 0 atom stereocenters. The van der Waals surface area contributed by atoms with Gasteiger partial charge in [-0.05, 0) is 48.7 Å². The van der Waals surface area contributed by atoms with E-state index >= 15 is 0 Å². The Morgan fingerprint density at radius 3 is 2.87 bits per heavy atom. The Kier molecular flexibility index (Phi) is 4.32. The van der Waals surface area contributed by atoms with Crippen LogP contribution in [-0.2, 0) is 16.4 Å². The van der Waals surface area contributed by atoms with E-state index in [0.717, 1.165) is 24.1 Å². The third-order valence-corrected chi connectivity index (χ3v) is 5.29. The Morgan fingerprint density at radius 2 is 2.17 bits per heavy atom. The second kappa shape index (κ2) is 6.25. The molecule has 23 heavy (non-hydrogen) atoms. The highest BCUT2D eigenvalue weighted by molar-refractivity contribution is 7.93. The fourth-order valence-corrected chi connectivity index (χ4v) is 3.32. The van der Waals surface area contributed by atoms with Gasteiger partial charge in [0.2, 0.25) is 10.0 Å². The van der Waals surface area contributed by atoms with Crippen LogP contribution in [-0.4, -0.2) is 26.1 Å². The number of alkyl halides is 1. The summed E-state index contributed by atoms with van der Waals surface area (Å²) in [6.07, 6.45) is 3.03. The molecule has 1 aromatic heterocycles. The minimum absolute atomic E-state index is 0.204. The Labute approximate surface area is 139 Å².